The summed E-state index contributed by atoms with van der Waals surface area (Å²) in [5.74, 6) is 0.864. The summed E-state index contributed by atoms with van der Waals surface area (Å²) in [6, 6.07) is 8.03. The second kappa shape index (κ2) is 7.88. The topological polar surface area (TPSA) is 44.5 Å². The van der Waals surface area contributed by atoms with E-state index in [1.165, 1.54) is 19.3 Å². The van der Waals surface area contributed by atoms with Crippen molar-refractivity contribution in [2.75, 3.05) is 13.2 Å². The summed E-state index contributed by atoms with van der Waals surface area (Å²) in [6.07, 6.45) is 6.10. The monoisotopic (exact) mass is 327 g/mol. The van der Waals surface area contributed by atoms with Crippen LogP contribution in [-0.4, -0.2) is 25.4 Å². The molecule has 4 heteroatoms. The first-order valence-electron chi connectivity index (χ1n) is 7.01. The normalized spacial score (nSPS) is 23.9. The summed E-state index contributed by atoms with van der Waals surface area (Å²) in [5.41, 5.74) is 6.12. The number of halogens is 1. The van der Waals surface area contributed by atoms with E-state index in [1.807, 2.05) is 24.3 Å². The number of hydrogen-bond donors (Lipinski definition) is 1. The zero-order chi connectivity index (χ0) is 13.5. The first-order chi connectivity index (χ1) is 9.25. The van der Waals surface area contributed by atoms with Crippen molar-refractivity contribution >= 4 is 15.9 Å². The Morgan fingerprint density at radius 3 is 2.84 bits per heavy atom. The fourth-order valence-electron chi connectivity index (χ4n) is 2.43. The lowest BCUT2D eigenvalue weighted by Gasteiger charge is -2.21. The molecule has 0 saturated heterocycles. The average molecular weight is 328 g/mol. The van der Waals surface area contributed by atoms with E-state index in [0.29, 0.717) is 13.2 Å². The fraction of sp³-hybridized carbons (Fsp3) is 0.600. The van der Waals surface area contributed by atoms with E-state index in [1.54, 1.807) is 0 Å². The van der Waals surface area contributed by atoms with Crippen molar-refractivity contribution in [1.29, 1.82) is 0 Å². The molecule has 106 valence electrons. The van der Waals surface area contributed by atoms with Crippen molar-refractivity contribution < 1.29 is 9.47 Å². The predicted molar refractivity (Wildman–Crippen MR) is 80.4 cm³/mol. The van der Waals surface area contributed by atoms with Crippen molar-refractivity contribution in [3.8, 4) is 5.75 Å². The largest absolute Gasteiger partial charge is 0.491 e. The van der Waals surface area contributed by atoms with Crippen LogP contribution in [0.25, 0.3) is 0 Å². The van der Waals surface area contributed by atoms with Gasteiger partial charge in [0.2, 0.25) is 0 Å². The minimum absolute atomic E-state index is 0.188. The number of ether oxygens (including phenoxy) is 2. The molecule has 2 rings (SSSR count). The summed E-state index contributed by atoms with van der Waals surface area (Å²) >= 11 is 3.42. The quantitative estimate of drug-likeness (QED) is 0.665. The minimum Gasteiger partial charge on any atom is -0.491 e. The maximum absolute atomic E-state index is 6.12. The Morgan fingerprint density at radius 1 is 1.16 bits per heavy atom. The molecular formula is C15H22BrNO2. The first-order valence-corrected chi connectivity index (χ1v) is 7.80. The average Bonchev–Trinajstić information content (AvgIpc) is 2.60. The Labute approximate surface area is 123 Å². The van der Waals surface area contributed by atoms with Crippen molar-refractivity contribution in [3.63, 3.8) is 0 Å². The van der Waals surface area contributed by atoms with Crippen LogP contribution in [0.3, 0.4) is 0 Å². The number of rotatable bonds is 5. The highest BCUT2D eigenvalue weighted by atomic mass is 79.9. The van der Waals surface area contributed by atoms with Crippen LogP contribution in [0.5, 0.6) is 5.75 Å². The van der Waals surface area contributed by atoms with Crippen LogP contribution in [0.1, 0.15) is 32.1 Å². The Morgan fingerprint density at radius 2 is 2.00 bits per heavy atom. The van der Waals surface area contributed by atoms with Crippen LogP contribution >= 0.6 is 15.9 Å². The Kier molecular flexibility index (Phi) is 6.14. The lowest BCUT2D eigenvalue weighted by Crippen LogP contribution is -2.36. The number of nitrogens with two attached hydrogens (primary N) is 1. The van der Waals surface area contributed by atoms with Gasteiger partial charge in [0, 0.05) is 10.5 Å². The van der Waals surface area contributed by atoms with E-state index in [-0.39, 0.29) is 12.1 Å². The zero-order valence-electron chi connectivity index (χ0n) is 11.2. The van der Waals surface area contributed by atoms with E-state index in [9.17, 15) is 0 Å². The molecule has 0 spiro atoms. The van der Waals surface area contributed by atoms with E-state index < -0.39 is 0 Å². The van der Waals surface area contributed by atoms with Gasteiger partial charge in [-0.05, 0) is 31.0 Å². The third kappa shape index (κ3) is 5.13. The molecule has 1 aliphatic rings. The molecule has 0 radical (unpaired) electrons. The third-order valence-electron chi connectivity index (χ3n) is 3.48. The molecule has 2 N–H and O–H groups in total. The van der Waals surface area contributed by atoms with Gasteiger partial charge in [-0.3, -0.25) is 0 Å². The third-order valence-corrected chi connectivity index (χ3v) is 3.98. The second-order valence-electron chi connectivity index (χ2n) is 5.02. The van der Waals surface area contributed by atoms with Gasteiger partial charge in [0.15, 0.2) is 0 Å². The minimum atomic E-state index is 0.188. The summed E-state index contributed by atoms with van der Waals surface area (Å²) in [5, 5.41) is 0. The fourth-order valence-corrected chi connectivity index (χ4v) is 2.80. The van der Waals surface area contributed by atoms with Gasteiger partial charge in [0.25, 0.3) is 0 Å². The lowest BCUT2D eigenvalue weighted by molar-refractivity contribution is 0.0152. The molecule has 0 aliphatic heterocycles. The molecule has 0 aromatic heterocycles. The van der Waals surface area contributed by atoms with Gasteiger partial charge in [-0.25, -0.2) is 0 Å². The van der Waals surface area contributed by atoms with E-state index in [2.05, 4.69) is 15.9 Å². The molecule has 1 fully saturated rings. The molecule has 0 bridgehead atoms. The molecule has 2 unspecified atom stereocenters. The number of hydrogen-bond acceptors (Lipinski definition) is 3. The summed E-state index contributed by atoms with van der Waals surface area (Å²) < 4.78 is 12.5. The van der Waals surface area contributed by atoms with Gasteiger partial charge < -0.3 is 15.2 Å². The van der Waals surface area contributed by atoms with E-state index in [0.717, 1.165) is 23.1 Å². The van der Waals surface area contributed by atoms with Crippen molar-refractivity contribution in [1.82, 2.24) is 0 Å². The van der Waals surface area contributed by atoms with Gasteiger partial charge in [-0.15, -0.1) is 0 Å². The molecular weight excluding hydrogens is 306 g/mol. The molecule has 0 amide bonds. The maximum atomic E-state index is 6.12. The maximum Gasteiger partial charge on any atom is 0.120 e. The molecule has 0 heterocycles. The van der Waals surface area contributed by atoms with E-state index >= 15 is 0 Å². The molecule has 1 aromatic rings. The van der Waals surface area contributed by atoms with Crippen molar-refractivity contribution in [3.05, 3.63) is 28.7 Å². The molecule has 3 nitrogen and oxygen atoms in total. The van der Waals surface area contributed by atoms with Gasteiger partial charge in [-0.1, -0.05) is 41.3 Å². The van der Waals surface area contributed by atoms with Crippen LogP contribution < -0.4 is 10.5 Å². The molecule has 1 aliphatic carbocycles. The Balaban J connectivity index is 1.68. The molecule has 19 heavy (non-hydrogen) atoms. The smallest absolute Gasteiger partial charge is 0.120 e. The highest BCUT2D eigenvalue weighted by molar-refractivity contribution is 9.10. The molecule has 1 aromatic carbocycles. The summed E-state index contributed by atoms with van der Waals surface area (Å²) in [7, 11) is 0. The zero-order valence-corrected chi connectivity index (χ0v) is 12.8. The van der Waals surface area contributed by atoms with Crippen LogP contribution in [0.2, 0.25) is 0 Å². The first kappa shape index (κ1) is 14.8. The van der Waals surface area contributed by atoms with Crippen LogP contribution in [-0.2, 0) is 4.74 Å². The van der Waals surface area contributed by atoms with Gasteiger partial charge in [0.05, 0.1) is 12.7 Å². The van der Waals surface area contributed by atoms with Crippen LogP contribution in [0, 0.1) is 0 Å². The van der Waals surface area contributed by atoms with Gasteiger partial charge in [-0.2, -0.15) is 0 Å². The Bertz CT molecular complexity index is 386. The highest BCUT2D eigenvalue weighted by Gasteiger charge is 2.20. The van der Waals surface area contributed by atoms with Crippen LogP contribution in [0.15, 0.2) is 28.7 Å². The highest BCUT2D eigenvalue weighted by Crippen LogP contribution is 2.20. The van der Waals surface area contributed by atoms with Crippen molar-refractivity contribution in [2.45, 2.75) is 44.2 Å². The number of benzene rings is 1. The Hall–Kier alpha value is -0.580. The van der Waals surface area contributed by atoms with Crippen LogP contribution in [0.4, 0.5) is 0 Å². The SMILES string of the molecule is NC1CCCCCC1OCCOc1cccc(Br)c1. The molecule has 2 atom stereocenters. The lowest BCUT2D eigenvalue weighted by atomic mass is 10.1. The van der Waals surface area contributed by atoms with Gasteiger partial charge in [0.1, 0.15) is 12.4 Å². The van der Waals surface area contributed by atoms with Crippen molar-refractivity contribution in [2.24, 2.45) is 5.73 Å². The van der Waals surface area contributed by atoms with Gasteiger partial charge >= 0.3 is 0 Å². The summed E-state index contributed by atoms with van der Waals surface area (Å²) in [6.45, 7) is 1.17. The standard InChI is InChI=1S/C15H22BrNO2/c16-12-5-4-6-13(11-12)18-9-10-19-15-8-3-1-2-7-14(15)17/h4-6,11,14-15H,1-3,7-10,17H2. The molecule has 1 saturated carbocycles. The second-order valence-corrected chi connectivity index (χ2v) is 5.93. The summed E-state index contributed by atoms with van der Waals surface area (Å²) in [4.78, 5) is 0. The van der Waals surface area contributed by atoms with E-state index in [4.69, 9.17) is 15.2 Å². The predicted octanol–water partition coefficient (Wildman–Crippen LogP) is 3.50.